The van der Waals surface area contributed by atoms with Crippen molar-refractivity contribution in [2.75, 3.05) is 5.32 Å². The Kier molecular flexibility index (Phi) is 2.70. The molecule has 18 heavy (non-hydrogen) atoms. The lowest BCUT2D eigenvalue weighted by Gasteiger charge is -2.09. The summed E-state index contributed by atoms with van der Waals surface area (Å²) in [6.07, 6.45) is 0. The van der Waals surface area contributed by atoms with Crippen molar-refractivity contribution in [3.63, 3.8) is 0 Å². The zero-order chi connectivity index (χ0) is 13.4. The van der Waals surface area contributed by atoms with Crippen LogP contribution in [0.25, 0.3) is 0 Å². The molecule has 0 aliphatic carbocycles. The number of benzene rings is 1. The fraction of sp³-hybridized carbons (Fsp3) is 0.167. The standard InChI is InChI=1S/C12H10N2O4/c1-5-3-6(2)8-7(4-5)13-12(17)9(14-18)11(16)10(8)15/h3-4,18H,1-2H3,(H,13,17)/b14-9+. The summed E-state index contributed by atoms with van der Waals surface area (Å²) >= 11 is 0. The fourth-order valence-electron chi connectivity index (χ4n) is 1.96. The van der Waals surface area contributed by atoms with Crippen molar-refractivity contribution in [1.82, 2.24) is 0 Å². The maximum Gasteiger partial charge on any atom is 0.281 e. The SMILES string of the molecule is Cc1cc(C)c2c(c1)NC(=O)/C(=N/O)C(=O)C2=O. The Labute approximate surface area is 102 Å². The van der Waals surface area contributed by atoms with E-state index in [0.29, 0.717) is 5.56 Å². The molecular formula is C12H10N2O4. The maximum atomic E-state index is 11.9. The van der Waals surface area contributed by atoms with Gasteiger partial charge in [0, 0.05) is 0 Å². The summed E-state index contributed by atoms with van der Waals surface area (Å²) in [5.74, 6) is -2.85. The highest BCUT2D eigenvalue weighted by Crippen LogP contribution is 2.25. The van der Waals surface area contributed by atoms with E-state index in [9.17, 15) is 14.4 Å². The number of carbonyl (C=O) groups is 3. The number of nitrogens with zero attached hydrogens (tertiary/aromatic N) is 1. The van der Waals surface area contributed by atoms with Crippen LogP contribution in [0.5, 0.6) is 0 Å². The molecule has 1 aliphatic rings. The molecule has 0 radical (unpaired) electrons. The molecule has 0 saturated carbocycles. The van der Waals surface area contributed by atoms with E-state index < -0.39 is 23.2 Å². The molecule has 6 nitrogen and oxygen atoms in total. The lowest BCUT2D eigenvalue weighted by Crippen LogP contribution is -2.31. The van der Waals surface area contributed by atoms with Crippen LogP contribution in [-0.4, -0.2) is 28.4 Å². The summed E-state index contributed by atoms with van der Waals surface area (Å²) in [6.45, 7) is 3.47. The average molecular weight is 246 g/mol. The summed E-state index contributed by atoms with van der Waals surface area (Å²) in [7, 11) is 0. The highest BCUT2D eigenvalue weighted by atomic mass is 16.4. The molecule has 92 valence electrons. The molecule has 2 rings (SSSR count). The summed E-state index contributed by atoms with van der Waals surface area (Å²) in [5.41, 5.74) is 1.03. The maximum absolute atomic E-state index is 11.9. The Bertz CT molecular complexity index is 617. The number of fused-ring (bicyclic) bond motifs is 1. The molecule has 2 N–H and O–H groups in total. The highest BCUT2D eigenvalue weighted by molar-refractivity contribution is 6.83. The van der Waals surface area contributed by atoms with Gasteiger partial charge in [0.05, 0.1) is 11.3 Å². The zero-order valence-electron chi connectivity index (χ0n) is 9.77. The van der Waals surface area contributed by atoms with Crippen LogP contribution in [-0.2, 0) is 9.59 Å². The van der Waals surface area contributed by atoms with E-state index in [1.54, 1.807) is 26.0 Å². The van der Waals surface area contributed by atoms with E-state index in [-0.39, 0.29) is 11.3 Å². The summed E-state index contributed by atoms with van der Waals surface area (Å²) in [6, 6.07) is 3.32. The van der Waals surface area contributed by atoms with Gasteiger partial charge in [-0.2, -0.15) is 0 Å². The molecule has 1 aromatic rings. The lowest BCUT2D eigenvalue weighted by atomic mass is 9.97. The smallest absolute Gasteiger partial charge is 0.281 e. The third-order valence-electron chi connectivity index (χ3n) is 2.69. The lowest BCUT2D eigenvalue weighted by molar-refractivity contribution is -0.113. The number of rotatable bonds is 0. The van der Waals surface area contributed by atoms with Gasteiger partial charge in [-0.05, 0) is 31.0 Å². The first-order valence-corrected chi connectivity index (χ1v) is 5.19. The molecule has 1 aliphatic heterocycles. The van der Waals surface area contributed by atoms with Crippen LogP contribution < -0.4 is 5.32 Å². The normalized spacial score (nSPS) is 17.4. The van der Waals surface area contributed by atoms with Gasteiger partial charge in [0.15, 0.2) is 0 Å². The van der Waals surface area contributed by atoms with E-state index in [2.05, 4.69) is 10.5 Å². The zero-order valence-corrected chi connectivity index (χ0v) is 9.77. The van der Waals surface area contributed by atoms with Crippen LogP contribution in [0.2, 0.25) is 0 Å². The first kappa shape index (κ1) is 12.0. The number of oxime groups is 1. The van der Waals surface area contributed by atoms with Crippen LogP contribution in [0.15, 0.2) is 17.3 Å². The van der Waals surface area contributed by atoms with Crippen molar-refractivity contribution in [2.24, 2.45) is 5.16 Å². The van der Waals surface area contributed by atoms with E-state index in [0.717, 1.165) is 5.56 Å². The topological polar surface area (TPSA) is 95.8 Å². The molecule has 0 saturated heterocycles. The predicted octanol–water partition coefficient (Wildman–Crippen LogP) is 0.838. The number of carbonyl (C=O) groups excluding carboxylic acids is 3. The van der Waals surface area contributed by atoms with E-state index in [1.165, 1.54) is 0 Å². The molecule has 1 aromatic carbocycles. The summed E-state index contributed by atoms with van der Waals surface area (Å²) in [4.78, 5) is 35.2. The second-order valence-electron chi connectivity index (χ2n) is 4.07. The number of hydrogen-bond acceptors (Lipinski definition) is 5. The minimum Gasteiger partial charge on any atom is -0.410 e. The van der Waals surface area contributed by atoms with Gasteiger partial charge in [0.25, 0.3) is 11.7 Å². The van der Waals surface area contributed by atoms with Gasteiger partial charge < -0.3 is 10.5 Å². The van der Waals surface area contributed by atoms with Gasteiger partial charge in [-0.15, -0.1) is 0 Å². The average Bonchev–Trinajstić information content (AvgIpc) is 2.35. The van der Waals surface area contributed by atoms with Crippen LogP contribution in [0, 0.1) is 13.8 Å². The second kappa shape index (κ2) is 4.06. The molecule has 1 heterocycles. The molecule has 0 unspecified atom stereocenters. The van der Waals surface area contributed by atoms with Crippen molar-refractivity contribution >= 4 is 28.9 Å². The number of amides is 1. The first-order valence-electron chi connectivity index (χ1n) is 5.19. The molecular weight excluding hydrogens is 236 g/mol. The minimum atomic E-state index is -1.11. The van der Waals surface area contributed by atoms with Gasteiger partial charge in [-0.3, -0.25) is 14.4 Å². The Morgan fingerprint density at radius 2 is 1.78 bits per heavy atom. The Morgan fingerprint density at radius 1 is 1.11 bits per heavy atom. The predicted molar refractivity (Wildman–Crippen MR) is 63.1 cm³/mol. The number of Topliss-reactive ketones (excluding diaryl/α,β-unsaturated/α-hetero) is 2. The molecule has 0 bridgehead atoms. The van der Waals surface area contributed by atoms with Crippen LogP contribution >= 0.6 is 0 Å². The van der Waals surface area contributed by atoms with Gasteiger partial charge >= 0.3 is 0 Å². The monoisotopic (exact) mass is 246 g/mol. The highest BCUT2D eigenvalue weighted by Gasteiger charge is 2.35. The molecule has 0 spiro atoms. The fourth-order valence-corrected chi connectivity index (χ4v) is 1.96. The van der Waals surface area contributed by atoms with Gasteiger partial charge in [-0.25, -0.2) is 0 Å². The van der Waals surface area contributed by atoms with Crippen molar-refractivity contribution in [1.29, 1.82) is 0 Å². The van der Waals surface area contributed by atoms with Crippen LogP contribution in [0.4, 0.5) is 5.69 Å². The molecule has 0 fully saturated rings. The van der Waals surface area contributed by atoms with Crippen molar-refractivity contribution < 1.29 is 19.6 Å². The Morgan fingerprint density at radius 3 is 2.39 bits per heavy atom. The van der Waals surface area contributed by atoms with Gasteiger partial charge in [-0.1, -0.05) is 11.2 Å². The number of aryl methyl sites for hydroxylation is 2. The van der Waals surface area contributed by atoms with E-state index >= 15 is 0 Å². The third-order valence-corrected chi connectivity index (χ3v) is 2.69. The number of nitrogens with one attached hydrogen (secondary N) is 1. The molecule has 1 amide bonds. The Hall–Kier alpha value is -2.50. The van der Waals surface area contributed by atoms with Crippen LogP contribution in [0.3, 0.4) is 0 Å². The largest absolute Gasteiger partial charge is 0.410 e. The number of hydrogen-bond donors (Lipinski definition) is 2. The number of ketones is 2. The van der Waals surface area contributed by atoms with Crippen molar-refractivity contribution in [2.45, 2.75) is 13.8 Å². The van der Waals surface area contributed by atoms with Crippen molar-refractivity contribution in [3.8, 4) is 0 Å². The summed E-state index contributed by atoms with van der Waals surface area (Å²) < 4.78 is 0. The van der Waals surface area contributed by atoms with E-state index in [1.807, 2.05) is 0 Å². The minimum absolute atomic E-state index is 0.137. The van der Waals surface area contributed by atoms with Gasteiger partial charge in [0.1, 0.15) is 0 Å². The third kappa shape index (κ3) is 1.67. The van der Waals surface area contributed by atoms with Crippen molar-refractivity contribution in [3.05, 3.63) is 28.8 Å². The quantitative estimate of drug-likeness (QED) is 0.402. The molecule has 0 atom stereocenters. The van der Waals surface area contributed by atoms with E-state index in [4.69, 9.17) is 5.21 Å². The summed E-state index contributed by atoms with van der Waals surface area (Å²) in [5, 5.41) is 13.6. The molecule has 6 heteroatoms. The van der Waals surface area contributed by atoms with Gasteiger partial charge in [0.2, 0.25) is 11.5 Å². The second-order valence-corrected chi connectivity index (χ2v) is 4.07. The van der Waals surface area contributed by atoms with Crippen LogP contribution in [0.1, 0.15) is 21.5 Å². The first-order chi connectivity index (χ1) is 8.45. The molecule has 0 aromatic heterocycles. The number of anilines is 1. The Balaban J connectivity index is 2.72.